The van der Waals surface area contributed by atoms with E-state index in [1.165, 1.54) is 0 Å². The van der Waals surface area contributed by atoms with Crippen molar-refractivity contribution in [3.63, 3.8) is 0 Å². The molecule has 19 heavy (non-hydrogen) atoms. The van der Waals surface area contributed by atoms with E-state index in [1.807, 2.05) is 34.6 Å². The predicted molar refractivity (Wildman–Crippen MR) is 77.0 cm³/mol. The minimum absolute atomic E-state index is 0.153. The molecule has 1 atom stereocenters. The summed E-state index contributed by atoms with van der Waals surface area (Å²) in [5.74, 6) is 0.451. The highest BCUT2D eigenvalue weighted by molar-refractivity contribution is 6.62. The second-order valence-corrected chi connectivity index (χ2v) is 6.12. The van der Waals surface area contributed by atoms with Gasteiger partial charge in [-0.2, -0.15) is 0 Å². The molecule has 6 heteroatoms. The van der Waals surface area contributed by atoms with Crippen LogP contribution in [0.1, 0.15) is 46.2 Å². The molecule has 1 fully saturated rings. The standard InChI is InChI=1S/C13H22BN3O2/c1-8(15)9-6-11(16)17-7-10(9)14-18-12(2,3)13(4,5)19-14/h6-8H,15H2,1-5H3,(H2,16,17). The van der Waals surface area contributed by atoms with Crippen LogP contribution in [0.2, 0.25) is 0 Å². The van der Waals surface area contributed by atoms with Crippen LogP contribution < -0.4 is 16.9 Å². The van der Waals surface area contributed by atoms with Gasteiger partial charge in [0, 0.05) is 17.7 Å². The zero-order valence-electron chi connectivity index (χ0n) is 12.2. The van der Waals surface area contributed by atoms with E-state index in [0.29, 0.717) is 5.82 Å². The highest BCUT2D eigenvalue weighted by Gasteiger charge is 2.52. The first-order chi connectivity index (χ1) is 8.64. The van der Waals surface area contributed by atoms with Crippen molar-refractivity contribution in [1.82, 2.24) is 4.98 Å². The molecule has 0 amide bonds. The molecule has 1 unspecified atom stereocenters. The molecule has 0 spiro atoms. The molecule has 1 aliphatic rings. The Morgan fingerprint density at radius 1 is 1.21 bits per heavy atom. The van der Waals surface area contributed by atoms with Crippen LogP contribution in [0.4, 0.5) is 5.82 Å². The Labute approximate surface area is 114 Å². The van der Waals surface area contributed by atoms with E-state index in [1.54, 1.807) is 12.3 Å². The van der Waals surface area contributed by atoms with E-state index in [4.69, 9.17) is 20.8 Å². The summed E-state index contributed by atoms with van der Waals surface area (Å²) in [6.45, 7) is 9.97. The Hall–Kier alpha value is -1.11. The highest BCUT2D eigenvalue weighted by atomic mass is 16.7. The molecule has 0 bridgehead atoms. The van der Waals surface area contributed by atoms with Gasteiger partial charge in [0.1, 0.15) is 5.82 Å². The van der Waals surface area contributed by atoms with Crippen molar-refractivity contribution in [3.05, 3.63) is 17.8 Å². The molecule has 1 aliphatic heterocycles. The van der Waals surface area contributed by atoms with Crippen LogP contribution in [0.15, 0.2) is 12.3 Å². The molecule has 0 aliphatic carbocycles. The number of nitrogens with two attached hydrogens (primary N) is 2. The Kier molecular flexibility index (Phi) is 3.37. The maximum Gasteiger partial charge on any atom is 0.496 e. The average molecular weight is 263 g/mol. The third kappa shape index (κ3) is 2.48. The molecule has 1 aromatic rings. The fraction of sp³-hybridized carbons (Fsp3) is 0.615. The Morgan fingerprint density at radius 3 is 2.21 bits per heavy atom. The second-order valence-electron chi connectivity index (χ2n) is 6.12. The minimum atomic E-state index is -0.459. The number of pyridine rings is 1. The molecule has 0 aromatic carbocycles. The van der Waals surface area contributed by atoms with Gasteiger partial charge in [0.05, 0.1) is 11.2 Å². The van der Waals surface area contributed by atoms with Crippen molar-refractivity contribution in [1.29, 1.82) is 0 Å². The first-order valence-electron chi connectivity index (χ1n) is 6.50. The van der Waals surface area contributed by atoms with Crippen LogP contribution in [-0.4, -0.2) is 23.3 Å². The smallest absolute Gasteiger partial charge is 0.399 e. The molecule has 2 rings (SSSR count). The topological polar surface area (TPSA) is 83.4 Å². The van der Waals surface area contributed by atoms with Crippen LogP contribution in [0.3, 0.4) is 0 Å². The van der Waals surface area contributed by atoms with E-state index < -0.39 is 7.12 Å². The van der Waals surface area contributed by atoms with Crippen LogP contribution in [0, 0.1) is 0 Å². The zero-order chi connectivity index (χ0) is 14.4. The van der Waals surface area contributed by atoms with E-state index in [9.17, 15) is 0 Å². The summed E-state index contributed by atoms with van der Waals surface area (Å²) in [7, 11) is -0.459. The third-order valence-electron chi connectivity index (χ3n) is 3.99. The van der Waals surface area contributed by atoms with Gasteiger partial charge in [0.2, 0.25) is 0 Å². The Morgan fingerprint density at radius 2 is 1.74 bits per heavy atom. The van der Waals surface area contributed by atoms with Crippen molar-refractivity contribution >= 4 is 18.4 Å². The minimum Gasteiger partial charge on any atom is -0.399 e. The maximum atomic E-state index is 6.02. The van der Waals surface area contributed by atoms with Gasteiger partial charge in [0.25, 0.3) is 0 Å². The SMILES string of the molecule is CC(N)c1cc(N)ncc1B1OC(C)(C)C(C)(C)O1. The lowest BCUT2D eigenvalue weighted by molar-refractivity contribution is 0.00578. The normalized spacial score (nSPS) is 22.5. The van der Waals surface area contributed by atoms with Crippen molar-refractivity contribution in [3.8, 4) is 0 Å². The maximum absolute atomic E-state index is 6.02. The van der Waals surface area contributed by atoms with Crippen LogP contribution in [0.25, 0.3) is 0 Å². The Bertz CT molecular complexity index is 473. The molecular formula is C13H22BN3O2. The van der Waals surface area contributed by atoms with Gasteiger partial charge in [-0.1, -0.05) is 0 Å². The van der Waals surface area contributed by atoms with E-state index in [-0.39, 0.29) is 17.2 Å². The molecule has 5 nitrogen and oxygen atoms in total. The van der Waals surface area contributed by atoms with Crippen LogP contribution >= 0.6 is 0 Å². The summed E-state index contributed by atoms with van der Waals surface area (Å²) in [4.78, 5) is 4.12. The largest absolute Gasteiger partial charge is 0.496 e. The first kappa shape index (κ1) is 14.3. The number of anilines is 1. The van der Waals surface area contributed by atoms with Crippen molar-refractivity contribution in [2.24, 2.45) is 5.73 Å². The highest BCUT2D eigenvalue weighted by Crippen LogP contribution is 2.36. The average Bonchev–Trinajstić information content (AvgIpc) is 2.47. The Balaban J connectivity index is 2.39. The van der Waals surface area contributed by atoms with Gasteiger partial charge in [0.15, 0.2) is 0 Å². The molecular weight excluding hydrogens is 241 g/mol. The molecule has 1 aromatic heterocycles. The predicted octanol–water partition coefficient (Wildman–Crippen LogP) is 0.983. The number of nitrogens with zero attached hydrogens (tertiary/aromatic N) is 1. The van der Waals surface area contributed by atoms with Gasteiger partial charge in [-0.3, -0.25) is 0 Å². The first-order valence-corrected chi connectivity index (χ1v) is 6.50. The van der Waals surface area contributed by atoms with Gasteiger partial charge >= 0.3 is 7.12 Å². The quantitative estimate of drug-likeness (QED) is 0.777. The summed E-state index contributed by atoms with van der Waals surface area (Å²) in [6.07, 6.45) is 1.69. The summed E-state index contributed by atoms with van der Waals surface area (Å²) in [6, 6.07) is 1.63. The third-order valence-corrected chi connectivity index (χ3v) is 3.99. The summed E-state index contributed by atoms with van der Waals surface area (Å²) in [5, 5.41) is 0. The summed E-state index contributed by atoms with van der Waals surface area (Å²) in [5.41, 5.74) is 12.7. The number of hydrogen-bond acceptors (Lipinski definition) is 5. The lowest BCUT2D eigenvalue weighted by atomic mass is 9.75. The van der Waals surface area contributed by atoms with E-state index in [0.717, 1.165) is 11.0 Å². The fourth-order valence-electron chi connectivity index (χ4n) is 2.06. The van der Waals surface area contributed by atoms with Gasteiger partial charge in [-0.05, 0) is 46.2 Å². The van der Waals surface area contributed by atoms with Crippen molar-refractivity contribution in [2.45, 2.75) is 51.9 Å². The van der Waals surface area contributed by atoms with Crippen molar-refractivity contribution < 1.29 is 9.31 Å². The van der Waals surface area contributed by atoms with Crippen LogP contribution in [-0.2, 0) is 9.31 Å². The number of nitrogen functional groups attached to an aromatic ring is 1. The summed E-state index contributed by atoms with van der Waals surface area (Å²) >= 11 is 0. The van der Waals surface area contributed by atoms with E-state index >= 15 is 0 Å². The zero-order valence-corrected chi connectivity index (χ0v) is 12.2. The summed E-state index contributed by atoms with van der Waals surface area (Å²) < 4.78 is 12.0. The molecule has 104 valence electrons. The molecule has 2 heterocycles. The number of rotatable bonds is 2. The van der Waals surface area contributed by atoms with Gasteiger partial charge < -0.3 is 20.8 Å². The van der Waals surface area contributed by atoms with E-state index in [2.05, 4.69) is 4.98 Å². The lowest BCUT2D eigenvalue weighted by Gasteiger charge is -2.32. The molecule has 0 radical (unpaired) electrons. The number of aromatic nitrogens is 1. The molecule has 1 saturated heterocycles. The van der Waals surface area contributed by atoms with Crippen LogP contribution in [0.5, 0.6) is 0 Å². The molecule has 4 N–H and O–H groups in total. The lowest BCUT2D eigenvalue weighted by Crippen LogP contribution is -2.41. The van der Waals surface area contributed by atoms with Gasteiger partial charge in [-0.25, -0.2) is 4.98 Å². The van der Waals surface area contributed by atoms with Gasteiger partial charge in [-0.15, -0.1) is 0 Å². The number of hydrogen-bond donors (Lipinski definition) is 2. The monoisotopic (exact) mass is 263 g/mol. The van der Waals surface area contributed by atoms with Crippen molar-refractivity contribution in [2.75, 3.05) is 5.73 Å². The fourth-order valence-corrected chi connectivity index (χ4v) is 2.06. The second kappa shape index (κ2) is 4.47. The molecule has 0 saturated carbocycles.